The molecule has 4 heterocycles. The molecular weight excluding hydrogens is 1250 g/mol. The Morgan fingerprint density at radius 3 is 1.38 bits per heavy atom. The van der Waals surface area contributed by atoms with E-state index >= 15 is 0 Å². The highest BCUT2D eigenvalue weighted by Crippen LogP contribution is 2.49. The summed E-state index contributed by atoms with van der Waals surface area (Å²) in [7, 11) is 4.96. The summed E-state index contributed by atoms with van der Waals surface area (Å²) >= 11 is 0. The van der Waals surface area contributed by atoms with Crippen molar-refractivity contribution >= 4 is 78.1 Å². The Bertz CT molecular complexity index is 4070. The Morgan fingerprint density at radius 1 is 0.568 bits per heavy atom. The van der Waals surface area contributed by atoms with E-state index in [1.807, 2.05) is 99.3 Å². The van der Waals surface area contributed by atoms with Crippen LogP contribution in [0.1, 0.15) is 160 Å². The number of esters is 1. The standard InChI is InChI=1S/C38H51N3O4.C33H43N5O6S.H4N2O2S/c1-8-9-19-39(5)20-21-40(6)36(42)29-22-28-23-30(44-7)16-18-31(28)35-34(26-13-11-10-12-14-26)32-17-15-27(24-33(32)41(35)25-29)37(43)45-38(2,3)4;1-35(15-17-37(3)45(34,42)43)14-16-36(2)32(39)25-18-24-19-26(44-4)11-13-27(24)31-30(22-8-6-5-7-9-22)28-12-10-23(33(40)41)20-29(28)38(31)21-25;1-5(2,3)4/h15-18,22-24,26H,8-14,19-21,25H2,1-7H3;10-13,18-20,22H,5-9,14-17,21H2,1-4H3,(H,40,41)(H2,34,42,43);(H4,1,2,3,4). The van der Waals surface area contributed by atoms with Crippen molar-refractivity contribution in [3.8, 4) is 34.0 Å². The van der Waals surface area contributed by atoms with Crippen LogP contribution in [0.3, 0.4) is 0 Å². The minimum Gasteiger partial charge on any atom is -0.497 e. The normalized spacial score (nSPS) is 15.2. The predicted octanol–water partition coefficient (Wildman–Crippen LogP) is 10.0. The molecule has 0 unspecified atom stereocenters. The summed E-state index contributed by atoms with van der Waals surface area (Å²) in [5.74, 6) is 0.761. The zero-order valence-corrected chi connectivity index (χ0v) is 58.8. The van der Waals surface area contributed by atoms with Gasteiger partial charge in [-0.2, -0.15) is 21.1 Å². The molecule has 95 heavy (non-hydrogen) atoms. The number of amides is 2. The number of carboxylic acid groups (broad SMARTS) is 1. The van der Waals surface area contributed by atoms with Crippen LogP contribution in [0.2, 0.25) is 0 Å². The summed E-state index contributed by atoms with van der Waals surface area (Å²) in [5, 5.41) is 25.5. The van der Waals surface area contributed by atoms with E-state index < -0.39 is 32.0 Å². The van der Waals surface area contributed by atoms with Crippen molar-refractivity contribution in [3.05, 3.63) is 117 Å². The lowest BCUT2D eigenvalue weighted by Gasteiger charge is -2.25. The number of rotatable bonds is 21. The smallest absolute Gasteiger partial charge is 0.338 e. The van der Waals surface area contributed by atoms with E-state index in [0.29, 0.717) is 61.4 Å². The molecule has 516 valence electrons. The first-order valence-electron chi connectivity index (χ1n) is 32.9. The van der Waals surface area contributed by atoms with Gasteiger partial charge >= 0.3 is 11.9 Å². The first-order chi connectivity index (χ1) is 44.9. The van der Waals surface area contributed by atoms with E-state index in [2.05, 4.69) is 56.5 Å². The third-order valence-electron chi connectivity index (χ3n) is 18.5. The molecule has 2 aliphatic carbocycles. The second kappa shape index (κ2) is 31.6. The summed E-state index contributed by atoms with van der Waals surface area (Å²) in [6.45, 7) is 12.7. The topological polar surface area (TPSA) is 289 Å². The monoisotopic (exact) mass is 1350 g/mol. The minimum atomic E-state index is -3.75. The number of likely N-dealkylation sites (N-methyl/N-ethyl adjacent to an activating group) is 5. The van der Waals surface area contributed by atoms with Crippen LogP contribution in [0.15, 0.2) is 83.9 Å². The quantitative estimate of drug-likeness (QED) is 0.0488. The van der Waals surface area contributed by atoms with Gasteiger partial charge in [-0.05, 0) is 180 Å². The number of unbranched alkanes of at least 4 members (excludes halogenated alkanes) is 1. The molecule has 0 radical (unpaired) electrons. The molecule has 0 atom stereocenters. The Balaban J connectivity index is 0.000000227. The lowest BCUT2D eigenvalue weighted by Crippen LogP contribution is -2.41. The molecule has 2 amide bonds. The Hall–Kier alpha value is -7.42. The average Bonchev–Trinajstić information content (AvgIpc) is 1.59. The Kier molecular flexibility index (Phi) is 24.4. The van der Waals surface area contributed by atoms with Crippen molar-refractivity contribution in [3.63, 3.8) is 0 Å². The van der Waals surface area contributed by atoms with Crippen LogP contribution >= 0.6 is 0 Å². The molecule has 2 aliphatic heterocycles. The number of hydrogen-bond acceptors (Lipinski definition) is 13. The fraction of sp³-hybridized carbons (Fsp3) is 0.493. The number of methoxy groups -OCH3 is 2. The number of carbonyl (C=O) groups is 4. The van der Waals surface area contributed by atoms with Crippen LogP contribution in [0.25, 0.3) is 56.5 Å². The molecule has 6 aromatic rings. The highest BCUT2D eigenvalue weighted by Gasteiger charge is 2.34. The van der Waals surface area contributed by atoms with Gasteiger partial charge in [0.1, 0.15) is 17.1 Å². The third kappa shape index (κ3) is 18.6. The molecule has 0 bridgehead atoms. The highest BCUT2D eigenvalue weighted by atomic mass is 32.2. The van der Waals surface area contributed by atoms with Crippen molar-refractivity contribution in [2.45, 2.75) is 135 Å². The predicted molar refractivity (Wildman–Crippen MR) is 376 cm³/mol. The molecule has 24 heteroatoms. The molecule has 4 aromatic carbocycles. The molecule has 4 aliphatic rings. The zero-order chi connectivity index (χ0) is 69.3. The van der Waals surface area contributed by atoms with E-state index in [1.165, 1.54) is 43.9 Å². The van der Waals surface area contributed by atoms with Crippen molar-refractivity contribution in [1.29, 1.82) is 0 Å². The fourth-order valence-corrected chi connectivity index (χ4v) is 13.7. The van der Waals surface area contributed by atoms with Gasteiger partial charge in [0, 0.05) is 104 Å². The number of benzene rings is 4. The van der Waals surface area contributed by atoms with Crippen LogP contribution in [-0.2, 0) is 47.8 Å². The number of aromatic carboxylic acids is 1. The zero-order valence-electron chi connectivity index (χ0n) is 57.2. The molecule has 2 aromatic heterocycles. The van der Waals surface area contributed by atoms with Crippen LogP contribution < -0.4 is 24.9 Å². The third-order valence-corrected chi connectivity index (χ3v) is 19.5. The van der Waals surface area contributed by atoms with Gasteiger partial charge in [0.25, 0.3) is 32.2 Å². The number of nitrogens with zero attached hydrogens (tertiary/aromatic N) is 7. The first-order valence-corrected chi connectivity index (χ1v) is 36.0. The van der Waals surface area contributed by atoms with E-state index in [9.17, 15) is 41.1 Å². The number of hydrogen-bond donors (Lipinski definition) is 4. The van der Waals surface area contributed by atoms with Crippen molar-refractivity contribution < 1.29 is 55.3 Å². The number of carbonyl (C=O) groups excluding carboxylic acids is 3. The van der Waals surface area contributed by atoms with E-state index in [0.717, 1.165) is 136 Å². The van der Waals surface area contributed by atoms with Crippen LogP contribution in [0, 0.1) is 0 Å². The second-order valence-electron chi connectivity index (χ2n) is 26.8. The van der Waals surface area contributed by atoms with E-state index in [1.54, 1.807) is 38.3 Å². The SMILES string of the molecule is CCCCN(C)CCN(C)C(=O)C1=Cc2cc(OC)ccc2-c2c(C3CCCCC3)c3ccc(C(=O)OC(C)(C)C)cc3n2C1.COc1ccc2c(c1)C=C(C(=O)N(C)CCN(C)CCN(C)S(N)(=O)=O)Cn1c-2c(C2CCCCC2)c2ccc(C(=O)O)cc21.NS(N)(=O)=O. The van der Waals surface area contributed by atoms with E-state index in [4.69, 9.17) is 19.3 Å². The largest absolute Gasteiger partial charge is 0.497 e. The number of ether oxygens (including phenoxy) is 3. The maximum absolute atomic E-state index is 14.1. The van der Waals surface area contributed by atoms with Gasteiger partial charge in [0.05, 0.1) is 49.8 Å². The van der Waals surface area contributed by atoms with Gasteiger partial charge in [-0.3, -0.25) is 9.59 Å². The average molecular weight is 1350 g/mol. The van der Waals surface area contributed by atoms with E-state index in [-0.39, 0.29) is 36.4 Å². The summed E-state index contributed by atoms with van der Waals surface area (Å²) in [4.78, 5) is 61.3. The number of nitrogens with two attached hydrogens (primary N) is 3. The minimum absolute atomic E-state index is 0.0184. The van der Waals surface area contributed by atoms with Crippen LogP contribution in [0.4, 0.5) is 0 Å². The Morgan fingerprint density at radius 2 is 0.979 bits per heavy atom. The molecular formula is C71H98N10O12S2. The van der Waals surface area contributed by atoms with Crippen molar-refractivity contribution in [2.75, 3.05) is 95.3 Å². The molecule has 22 nitrogen and oxygen atoms in total. The summed E-state index contributed by atoms with van der Waals surface area (Å²) in [6.07, 6.45) is 17.9. The Labute approximate surface area is 560 Å². The molecule has 2 fully saturated rings. The van der Waals surface area contributed by atoms with Gasteiger partial charge in [0.15, 0.2) is 0 Å². The second-order valence-corrected chi connectivity index (χ2v) is 29.6. The number of aromatic nitrogens is 2. The molecule has 0 saturated heterocycles. The molecule has 0 spiro atoms. The lowest BCUT2D eigenvalue weighted by molar-refractivity contribution is -0.126. The number of fused-ring (bicyclic) bond motifs is 10. The first kappa shape index (κ1) is 73.4. The van der Waals surface area contributed by atoms with Gasteiger partial charge < -0.3 is 48.1 Å². The van der Waals surface area contributed by atoms with Gasteiger partial charge in [-0.15, -0.1) is 0 Å². The van der Waals surface area contributed by atoms with Gasteiger partial charge in [0.2, 0.25) is 0 Å². The maximum atomic E-state index is 14.1. The fourth-order valence-electron chi connectivity index (χ4n) is 13.4. The maximum Gasteiger partial charge on any atom is 0.338 e. The van der Waals surface area contributed by atoms with Gasteiger partial charge in [-0.1, -0.05) is 64.0 Å². The van der Waals surface area contributed by atoms with Gasteiger partial charge in [-0.25, -0.2) is 25.0 Å². The van der Waals surface area contributed by atoms with Crippen molar-refractivity contribution in [2.24, 2.45) is 15.4 Å². The summed E-state index contributed by atoms with van der Waals surface area (Å²) in [5.41, 5.74) is 11.9. The summed E-state index contributed by atoms with van der Waals surface area (Å²) in [6, 6.07) is 23.5. The van der Waals surface area contributed by atoms with Crippen molar-refractivity contribution in [1.82, 2.24) is 33.0 Å². The molecule has 7 N–H and O–H groups in total. The molecule has 2 saturated carbocycles. The van der Waals surface area contributed by atoms with Crippen LogP contribution in [-0.4, -0.2) is 180 Å². The number of carboxylic acids is 1. The highest BCUT2D eigenvalue weighted by molar-refractivity contribution is 7.87. The summed E-state index contributed by atoms with van der Waals surface area (Å²) < 4.78 is 63.9. The molecule has 10 rings (SSSR count). The van der Waals surface area contributed by atoms with Crippen LogP contribution in [0.5, 0.6) is 11.5 Å². The lowest BCUT2D eigenvalue weighted by atomic mass is 9.81.